The van der Waals surface area contributed by atoms with E-state index in [9.17, 15) is 13.2 Å². The number of piperidine rings is 1. The molecule has 1 aromatic carbocycles. The molecule has 2 N–H and O–H groups in total. The van der Waals surface area contributed by atoms with Crippen LogP contribution in [-0.2, 0) is 21.4 Å². The van der Waals surface area contributed by atoms with Crippen LogP contribution in [0.15, 0.2) is 18.2 Å². The van der Waals surface area contributed by atoms with E-state index in [1.165, 1.54) is 9.87 Å². The number of rotatable bonds is 6. The number of carboxylic acid groups (broad SMARTS) is 1. The van der Waals surface area contributed by atoms with Gasteiger partial charge in [-0.15, -0.1) is 0 Å². The predicted molar refractivity (Wildman–Crippen MR) is 88.5 cm³/mol. The molecule has 128 valence electrons. The Hall–Kier alpha value is -1.44. The monoisotopic (exact) mass is 340 g/mol. The van der Waals surface area contributed by atoms with Crippen molar-refractivity contribution in [2.45, 2.75) is 33.1 Å². The van der Waals surface area contributed by atoms with Crippen LogP contribution in [0.3, 0.4) is 0 Å². The van der Waals surface area contributed by atoms with Crippen molar-refractivity contribution in [3.8, 4) is 0 Å². The van der Waals surface area contributed by atoms with Crippen molar-refractivity contribution < 1.29 is 18.3 Å². The van der Waals surface area contributed by atoms with Crippen molar-refractivity contribution in [1.82, 2.24) is 9.03 Å². The lowest BCUT2D eigenvalue weighted by Gasteiger charge is -2.29. The maximum absolute atomic E-state index is 12.3. The summed E-state index contributed by atoms with van der Waals surface area (Å²) in [7, 11) is -3.54. The van der Waals surface area contributed by atoms with Crippen LogP contribution in [0.4, 0.5) is 0 Å². The molecular formula is C16H24N2O4S. The zero-order valence-corrected chi connectivity index (χ0v) is 14.4. The number of hydrogen-bond acceptors (Lipinski definition) is 3. The molecule has 6 nitrogen and oxygen atoms in total. The molecule has 0 saturated carbocycles. The molecule has 0 radical (unpaired) electrons. The molecule has 0 bridgehead atoms. The second kappa shape index (κ2) is 7.42. The van der Waals surface area contributed by atoms with Gasteiger partial charge in [0.15, 0.2) is 0 Å². The largest absolute Gasteiger partial charge is 0.481 e. The molecule has 0 spiro atoms. The number of nitrogens with zero attached hydrogens (tertiary/aromatic N) is 1. The summed E-state index contributed by atoms with van der Waals surface area (Å²) in [5.41, 5.74) is 3.48. The van der Waals surface area contributed by atoms with Gasteiger partial charge in [0.05, 0.1) is 5.92 Å². The van der Waals surface area contributed by atoms with Gasteiger partial charge in [0.1, 0.15) is 0 Å². The summed E-state index contributed by atoms with van der Waals surface area (Å²) in [6, 6.07) is 6.03. The topological polar surface area (TPSA) is 86.7 Å². The number of aryl methyl sites for hydroxylation is 2. The molecule has 23 heavy (non-hydrogen) atoms. The molecule has 0 unspecified atom stereocenters. The van der Waals surface area contributed by atoms with Gasteiger partial charge in [-0.2, -0.15) is 12.7 Å². The van der Waals surface area contributed by atoms with E-state index in [-0.39, 0.29) is 13.1 Å². The van der Waals surface area contributed by atoms with Crippen molar-refractivity contribution in [2.75, 3.05) is 19.6 Å². The van der Waals surface area contributed by atoms with Gasteiger partial charge in [0.25, 0.3) is 10.2 Å². The number of hydrogen-bond donors (Lipinski definition) is 2. The molecule has 0 aliphatic carbocycles. The highest BCUT2D eigenvalue weighted by molar-refractivity contribution is 7.87. The second-order valence-electron chi connectivity index (χ2n) is 6.03. The number of carbonyl (C=O) groups is 1. The molecule has 0 aromatic heterocycles. The van der Waals surface area contributed by atoms with Crippen LogP contribution in [-0.4, -0.2) is 43.4 Å². The Balaban J connectivity index is 1.89. The van der Waals surface area contributed by atoms with Gasteiger partial charge < -0.3 is 5.11 Å². The van der Waals surface area contributed by atoms with E-state index in [4.69, 9.17) is 5.11 Å². The summed E-state index contributed by atoms with van der Waals surface area (Å²) in [6.07, 6.45) is 1.38. The lowest BCUT2D eigenvalue weighted by Crippen LogP contribution is -2.46. The smallest absolute Gasteiger partial charge is 0.306 e. The van der Waals surface area contributed by atoms with Crippen molar-refractivity contribution in [3.05, 3.63) is 34.9 Å². The van der Waals surface area contributed by atoms with Crippen LogP contribution in [0.1, 0.15) is 29.5 Å². The van der Waals surface area contributed by atoms with Gasteiger partial charge in [-0.25, -0.2) is 4.72 Å². The van der Waals surface area contributed by atoms with Gasteiger partial charge >= 0.3 is 5.97 Å². The van der Waals surface area contributed by atoms with Crippen molar-refractivity contribution in [3.63, 3.8) is 0 Å². The average Bonchev–Trinajstić information content (AvgIpc) is 2.50. The first-order valence-electron chi connectivity index (χ1n) is 7.84. The van der Waals surface area contributed by atoms with Crippen LogP contribution >= 0.6 is 0 Å². The first-order chi connectivity index (χ1) is 10.8. The number of nitrogens with one attached hydrogen (secondary N) is 1. The van der Waals surface area contributed by atoms with Gasteiger partial charge in [-0.1, -0.05) is 18.2 Å². The molecular weight excluding hydrogens is 316 g/mol. The molecule has 7 heteroatoms. The summed E-state index contributed by atoms with van der Waals surface area (Å²) < 4.78 is 28.5. The maximum Gasteiger partial charge on any atom is 0.306 e. The molecule has 1 heterocycles. The van der Waals surface area contributed by atoms with Crippen molar-refractivity contribution >= 4 is 16.2 Å². The van der Waals surface area contributed by atoms with Crippen molar-refractivity contribution in [2.24, 2.45) is 5.92 Å². The normalized spacial score (nSPS) is 17.3. The van der Waals surface area contributed by atoms with Gasteiger partial charge in [0.2, 0.25) is 0 Å². The first kappa shape index (κ1) is 17.9. The maximum atomic E-state index is 12.3. The fourth-order valence-corrected chi connectivity index (χ4v) is 4.22. The average molecular weight is 340 g/mol. The molecule has 1 aliphatic heterocycles. The summed E-state index contributed by atoms with van der Waals surface area (Å²) in [5, 5.41) is 8.96. The summed E-state index contributed by atoms with van der Waals surface area (Å²) in [4.78, 5) is 10.9. The Labute approximate surface area is 137 Å². The predicted octanol–water partition coefficient (Wildman–Crippen LogP) is 1.48. The lowest BCUT2D eigenvalue weighted by molar-refractivity contribution is -0.142. The SMILES string of the molecule is Cc1cccc(C)c1CCNS(=O)(=O)N1CCC(C(=O)O)CC1. The van der Waals surface area contributed by atoms with E-state index in [2.05, 4.69) is 4.72 Å². The Bertz CT molecular complexity index is 644. The van der Waals surface area contributed by atoms with E-state index in [0.29, 0.717) is 25.8 Å². The molecule has 1 aliphatic rings. The van der Waals surface area contributed by atoms with E-state index < -0.39 is 22.1 Å². The minimum atomic E-state index is -3.54. The minimum absolute atomic E-state index is 0.260. The highest BCUT2D eigenvalue weighted by atomic mass is 32.2. The quantitative estimate of drug-likeness (QED) is 0.821. The fourth-order valence-electron chi connectivity index (χ4n) is 2.98. The van der Waals surface area contributed by atoms with Gasteiger partial charge in [0, 0.05) is 19.6 Å². The Morgan fingerprint density at radius 2 is 1.83 bits per heavy atom. The molecule has 1 fully saturated rings. The van der Waals surface area contributed by atoms with Gasteiger partial charge in [-0.05, 0) is 49.8 Å². The third-order valence-electron chi connectivity index (χ3n) is 4.45. The molecule has 1 aromatic rings. The number of aliphatic carboxylic acids is 1. The van der Waals surface area contributed by atoms with E-state index in [0.717, 1.165) is 11.1 Å². The molecule has 2 rings (SSSR count). The van der Waals surface area contributed by atoms with E-state index in [1.807, 2.05) is 32.0 Å². The minimum Gasteiger partial charge on any atom is -0.481 e. The fraction of sp³-hybridized carbons (Fsp3) is 0.562. The van der Waals surface area contributed by atoms with E-state index >= 15 is 0 Å². The third-order valence-corrected chi connectivity index (χ3v) is 6.06. The summed E-state index contributed by atoms with van der Waals surface area (Å²) in [5.74, 6) is -1.28. The van der Waals surface area contributed by atoms with Crippen LogP contribution < -0.4 is 4.72 Å². The lowest BCUT2D eigenvalue weighted by atomic mass is 9.99. The number of benzene rings is 1. The second-order valence-corrected chi connectivity index (χ2v) is 7.79. The summed E-state index contributed by atoms with van der Waals surface area (Å²) >= 11 is 0. The zero-order chi connectivity index (χ0) is 17.0. The number of carboxylic acids is 1. The van der Waals surface area contributed by atoms with Gasteiger partial charge in [-0.3, -0.25) is 4.79 Å². The molecule has 0 atom stereocenters. The van der Waals surface area contributed by atoms with Crippen LogP contribution in [0, 0.1) is 19.8 Å². The van der Waals surface area contributed by atoms with E-state index in [1.54, 1.807) is 0 Å². The summed E-state index contributed by atoms with van der Waals surface area (Å²) in [6.45, 7) is 4.90. The highest BCUT2D eigenvalue weighted by Gasteiger charge is 2.30. The molecule has 1 saturated heterocycles. The van der Waals surface area contributed by atoms with Crippen LogP contribution in [0.5, 0.6) is 0 Å². The standard InChI is InChI=1S/C16H24N2O4S/c1-12-4-3-5-13(2)15(12)6-9-17-23(21,22)18-10-7-14(8-11-18)16(19)20/h3-5,14,17H,6-11H2,1-2H3,(H,19,20). The zero-order valence-electron chi connectivity index (χ0n) is 13.6. The Kier molecular flexibility index (Phi) is 5.78. The first-order valence-corrected chi connectivity index (χ1v) is 9.28. The van der Waals surface area contributed by atoms with Crippen LogP contribution in [0.2, 0.25) is 0 Å². The Morgan fingerprint density at radius 1 is 1.26 bits per heavy atom. The third kappa shape index (κ3) is 4.53. The van der Waals surface area contributed by atoms with Crippen LogP contribution in [0.25, 0.3) is 0 Å². The Morgan fingerprint density at radius 3 is 2.35 bits per heavy atom. The molecule has 0 amide bonds. The highest BCUT2D eigenvalue weighted by Crippen LogP contribution is 2.19. The van der Waals surface area contributed by atoms with Crippen molar-refractivity contribution in [1.29, 1.82) is 0 Å².